The summed E-state index contributed by atoms with van der Waals surface area (Å²) >= 11 is 6.28. The van der Waals surface area contributed by atoms with Crippen LogP contribution in [-0.2, 0) is 14.2 Å². The van der Waals surface area contributed by atoms with E-state index in [1.807, 2.05) is 59.9 Å². The predicted octanol–water partition coefficient (Wildman–Crippen LogP) is 6.40. The number of aromatic nitrogens is 3. The zero-order valence-electron chi connectivity index (χ0n) is 28.1. The first-order chi connectivity index (χ1) is 22.1. The van der Waals surface area contributed by atoms with Gasteiger partial charge in [-0.25, -0.2) is 14.8 Å². The SMILES string of the molecule is C=CC[C@@]1(CC)C[C@@H](N=[N+]=[N-])[C@H](O)[C@@H]1O.C=CC[C@@]1(CNC(=O)OC(C)(C)C)C[C@@H](n2ccc3c(Cl)ncnc32)[C@@H]2OC(C)(C)O[C@@H]21. The molecule has 1 aliphatic heterocycles. The molecule has 1 amide bonds. The highest BCUT2D eigenvalue weighted by Gasteiger charge is 2.61. The first kappa shape index (κ1) is 36.6. The number of carbonyl (C=O) groups is 1. The van der Waals surface area contributed by atoms with E-state index in [-0.39, 0.29) is 23.7 Å². The molecule has 13 nitrogen and oxygen atoms in total. The number of ether oxygens (including phenoxy) is 3. The molecule has 2 aliphatic carbocycles. The minimum atomic E-state index is -0.958. The molecule has 3 fully saturated rings. The summed E-state index contributed by atoms with van der Waals surface area (Å²) in [6.45, 7) is 19.3. The van der Waals surface area contributed by atoms with Gasteiger partial charge in [-0.1, -0.05) is 35.8 Å². The van der Waals surface area contributed by atoms with Crippen LogP contribution in [0, 0.1) is 10.8 Å². The third kappa shape index (κ3) is 7.61. The van der Waals surface area contributed by atoms with E-state index in [0.29, 0.717) is 37.4 Å². The van der Waals surface area contributed by atoms with Crippen molar-refractivity contribution in [2.45, 2.75) is 122 Å². The molecular weight excluding hydrogens is 626 g/mol. The van der Waals surface area contributed by atoms with E-state index in [2.05, 4.69) is 43.0 Å². The van der Waals surface area contributed by atoms with Crippen LogP contribution in [0.5, 0.6) is 0 Å². The number of aliphatic hydroxyl groups is 2. The Hall–Kier alpha value is -3.19. The summed E-state index contributed by atoms with van der Waals surface area (Å²) in [7, 11) is 0. The van der Waals surface area contributed by atoms with Gasteiger partial charge in [-0.2, -0.15) is 0 Å². The van der Waals surface area contributed by atoms with Gasteiger partial charge < -0.3 is 34.3 Å². The molecule has 0 unspecified atom stereocenters. The minimum absolute atomic E-state index is 0.0642. The zero-order valence-corrected chi connectivity index (χ0v) is 28.9. The van der Waals surface area contributed by atoms with Gasteiger partial charge in [-0.05, 0) is 78.3 Å². The fourth-order valence-electron chi connectivity index (χ4n) is 7.35. The third-order valence-electron chi connectivity index (χ3n) is 9.50. The largest absolute Gasteiger partial charge is 0.444 e. The van der Waals surface area contributed by atoms with Crippen LogP contribution < -0.4 is 5.32 Å². The van der Waals surface area contributed by atoms with Gasteiger partial charge in [-0.15, -0.1) is 13.2 Å². The molecule has 5 rings (SSSR count). The summed E-state index contributed by atoms with van der Waals surface area (Å²) in [4.78, 5) is 23.7. The summed E-state index contributed by atoms with van der Waals surface area (Å²) in [5.41, 5.74) is 7.71. The number of hydrogen-bond acceptors (Lipinski definition) is 9. The minimum Gasteiger partial charge on any atom is -0.444 e. The van der Waals surface area contributed by atoms with Gasteiger partial charge in [0.25, 0.3) is 0 Å². The van der Waals surface area contributed by atoms with Crippen LogP contribution in [0.2, 0.25) is 5.15 Å². The Morgan fingerprint density at radius 1 is 1.23 bits per heavy atom. The molecule has 0 spiro atoms. The van der Waals surface area contributed by atoms with Crippen molar-refractivity contribution in [2.24, 2.45) is 15.9 Å². The third-order valence-corrected chi connectivity index (χ3v) is 9.80. The highest BCUT2D eigenvalue weighted by molar-refractivity contribution is 6.33. The molecule has 14 heteroatoms. The van der Waals surface area contributed by atoms with Crippen LogP contribution in [-0.4, -0.2) is 79.2 Å². The lowest BCUT2D eigenvalue weighted by atomic mass is 9.78. The molecule has 8 atom stereocenters. The second-order valence-corrected chi connectivity index (χ2v) is 14.6. The lowest BCUT2D eigenvalue weighted by Gasteiger charge is -2.35. The number of hydrogen-bond donors (Lipinski definition) is 3. The van der Waals surface area contributed by atoms with Crippen LogP contribution in [0.1, 0.15) is 79.7 Å². The number of alkyl carbamates (subject to hydrolysis) is 1. The van der Waals surface area contributed by atoms with Crippen molar-refractivity contribution in [1.29, 1.82) is 0 Å². The number of rotatable bonds is 9. The van der Waals surface area contributed by atoms with Crippen LogP contribution >= 0.6 is 11.6 Å². The monoisotopic (exact) mass is 673 g/mol. The normalized spacial score (nSPS) is 32.5. The molecule has 2 aromatic heterocycles. The molecule has 0 aromatic carbocycles. The van der Waals surface area contributed by atoms with Crippen molar-refractivity contribution in [1.82, 2.24) is 19.9 Å². The van der Waals surface area contributed by atoms with Crippen molar-refractivity contribution >= 4 is 28.7 Å². The quantitative estimate of drug-likeness (QED) is 0.0900. The summed E-state index contributed by atoms with van der Waals surface area (Å²) in [6, 6.07) is 1.33. The van der Waals surface area contributed by atoms with E-state index in [1.54, 1.807) is 6.08 Å². The molecule has 3 aliphatic rings. The highest BCUT2D eigenvalue weighted by Crippen LogP contribution is 2.55. The van der Waals surface area contributed by atoms with Gasteiger partial charge in [-0.3, -0.25) is 0 Å². The number of carbonyl (C=O) groups excluding carboxylic acids is 1. The first-order valence-corrected chi connectivity index (χ1v) is 16.4. The van der Waals surface area contributed by atoms with Gasteiger partial charge in [0.2, 0.25) is 0 Å². The number of azide groups is 1. The average molecular weight is 674 g/mol. The fourth-order valence-corrected chi connectivity index (χ4v) is 7.54. The van der Waals surface area contributed by atoms with Crippen LogP contribution in [0.4, 0.5) is 4.79 Å². The van der Waals surface area contributed by atoms with Gasteiger partial charge in [0.1, 0.15) is 28.8 Å². The Balaban J connectivity index is 0.000000280. The molecule has 3 N–H and O–H groups in total. The molecule has 0 bridgehead atoms. The van der Waals surface area contributed by atoms with Gasteiger partial charge in [0.15, 0.2) is 5.79 Å². The number of allylic oxidation sites excluding steroid dienone is 2. The second kappa shape index (κ2) is 14.1. The lowest BCUT2D eigenvalue weighted by molar-refractivity contribution is -0.168. The molecule has 2 aromatic rings. The first-order valence-electron chi connectivity index (χ1n) is 16.0. The fraction of sp³-hybridized carbons (Fsp3) is 0.667. The molecule has 1 saturated heterocycles. The number of halogens is 1. The predicted molar refractivity (Wildman–Crippen MR) is 179 cm³/mol. The number of amides is 1. The van der Waals surface area contributed by atoms with E-state index in [1.165, 1.54) is 6.33 Å². The van der Waals surface area contributed by atoms with Crippen molar-refractivity contribution in [2.75, 3.05) is 6.54 Å². The molecule has 0 radical (unpaired) electrons. The number of nitrogens with zero attached hydrogens (tertiary/aromatic N) is 6. The van der Waals surface area contributed by atoms with Gasteiger partial charge in [0, 0.05) is 28.5 Å². The van der Waals surface area contributed by atoms with E-state index in [9.17, 15) is 15.0 Å². The van der Waals surface area contributed by atoms with Crippen molar-refractivity contribution < 1.29 is 29.2 Å². The van der Waals surface area contributed by atoms with Crippen LogP contribution in [0.3, 0.4) is 0 Å². The Morgan fingerprint density at radius 2 is 1.91 bits per heavy atom. The Labute approximate surface area is 281 Å². The standard InChI is InChI=1S/C23H31ClN4O4.C10H17N3O2/c1-7-9-23(12-25-20(29)32-21(2,3)4)11-15(16-17(23)31-22(5,6)30-16)28-10-8-14-18(24)26-13-27-19(14)28;1-3-5-10(4-2)6-7(12-13-11)8(14)9(10)15/h7-8,10,13,15-17H,1,9,11-12H2,2-6H3,(H,25,29);3,7-9,14-15H,1,4-6H2,2H3/t15-,16+,17+,23+;7-,8+,9+,10+/m11/s1. The Morgan fingerprint density at radius 3 is 2.53 bits per heavy atom. The van der Waals surface area contributed by atoms with Gasteiger partial charge in [0.05, 0.1) is 35.8 Å². The lowest BCUT2D eigenvalue weighted by Crippen LogP contribution is -2.46. The summed E-state index contributed by atoms with van der Waals surface area (Å²) in [6.07, 6.45) is 7.53. The van der Waals surface area contributed by atoms with Crippen molar-refractivity contribution in [3.8, 4) is 0 Å². The van der Waals surface area contributed by atoms with E-state index >= 15 is 0 Å². The summed E-state index contributed by atoms with van der Waals surface area (Å²) < 4.78 is 20.3. The van der Waals surface area contributed by atoms with E-state index < -0.39 is 41.1 Å². The molecular formula is C33H48ClN7O6. The molecule has 47 heavy (non-hydrogen) atoms. The second-order valence-electron chi connectivity index (χ2n) is 14.2. The molecule has 3 heterocycles. The maximum atomic E-state index is 12.4. The Bertz CT molecular complexity index is 1500. The maximum absolute atomic E-state index is 12.4. The zero-order chi connectivity index (χ0) is 34.8. The van der Waals surface area contributed by atoms with E-state index in [0.717, 1.165) is 17.5 Å². The highest BCUT2D eigenvalue weighted by atomic mass is 35.5. The summed E-state index contributed by atoms with van der Waals surface area (Å²) in [5, 5.41) is 27.4. The van der Waals surface area contributed by atoms with Crippen LogP contribution in [0.25, 0.3) is 21.5 Å². The van der Waals surface area contributed by atoms with E-state index in [4.69, 9.17) is 31.3 Å². The number of fused-ring (bicyclic) bond motifs is 2. The molecule has 2 saturated carbocycles. The average Bonchev–Trinajstić information content (AvgIpc) is 3.70. The van der Waals surface area contributed by atoms with Gasteiger partial charge >= 0.3 is 6.09 Å². The van der Waals surface area contributed by atoms with Crippen LogP contribution in [0.15, 0.2) is 49.0 Å². The number of aliphatic hydroxyl groups excluding tert-OH is 2. The topological polar surface area (TPSA) is 177 Å². The van der Waals surface area contributed by atoms with Crippen molar-refractivity contribution in [3.05, 3.63) is 59.5 Å². The summed E-state index contributed by atoms with van der Waals surface area (Å²) in [5.74, 6) is -0.748. The Kier molecular flexibility index (Phi) is 11.0. The molecule has 258 valence electrons. The smallest absolute Gasteiger partial charge is 0.407 e. The number of nitrogens with one attached hydrogen (secondary N) is 1. The maximum Gasteiger partial charge on any atom is 0.407 e. The van der Waals surface area contributed by atoms with Crippen molar-refractivity contribution in [3.63, 3.8) is 0 Å².